The van der Waals surface area contributed by atoms with E-state index < -0.39 is 27.0 Å². The van der Waals surface area contributed by atoms with Crippen LogP contribution in [0.4, 0.5) is 10.1 Å². The van der Waals surface area contributed by atoms with Gasteiger partial charge in [0.05, 0.1) is 5.69 Å². The van der Waals surface area contributed by atoms with Crippen LogP contribution in [0.15, 0.2) is 24.3 Å². The van der Waals surface area contributed by atoms with Crippen LogP contribution >= 0.6 is 0 Å². The molecular weight excluding hydrogens is 319 g/mol. The predicted molar refractivity (Wildman–Crippen MR) is 88.2 cm³/mol. The van der Waals surface area contributed by atoms with Crippen LogP contribution in [-0.4, -0.2) is 44.6 Å². The van der Waals surface area contributed by atoms with Gasteiger partial charge in [0.15, 0.2) is 5.25 Å². The number of nitrogens with zero attached hydrogens (tertiary/aromatic N) is 2. The number of sulfonamides is 1. The molecule has 1 aromatic rings. The van der Waals surface area contributed by atoms with E-state index in [2.05, 4.69) is 0 Å². The van der Waals surface area contributed by atoms with E-state index in [1.165, 1.54) is 48.4 Å². The van der Waals surface area contributed by atoms with Gasteiger partial charge in [-0.3, -0.25) is 9.10 Å². The van der Waals surface area contributed by atoms with Crippen molar-refractivity contribution in [3.8, 4) is 0 Å². The Balaban J connectivity index is 2.46. The third-order valence-electron chi connectivity index (χ3n) is 4.23. The fraction of sp³-hybridized carbons (Fsp3) is 0.562. The fourth-order valence-corrected chi connectivity index (χ4v) is 4.82. The van der Waals surface area contributed by atoms with Gasteiger partial charge in [0, 0.05) is 20.1 Å². The lowest BCUT2D eigenvalue weighted by atomic mass is 10.2. The van der Waals surface area contributed by atoms with Crippen LogP contribution in [0.2, 0.25) is 0 Å². The highest BCUT2D eigenvalue weighted by Gasteiger charge is 2.39. The van der Waals surface area contributed by atoms with Crippen molar-refractivity contribution in [3.63, 3.8) is 0 Å². The Kier molecular flexibility index (Phi) is 5.29. The summed E-state index contributed by atoms with van der Waals surface area (Å²) < 4.78 is 40.9. The maximum atomic E-state index is 13.6. The van der Waals surface area contributed by atoms with E-state index in [0.717, 1.165) is 25.7 Å². The Bertz CT molecular complexity index is 670. The number of rotatable bonds is 5. The summed E-state index contributed by atoms with van der Waals surface area (Å²) in [5.41, 5.74) is 0.287. The van der Waals surface area contributed by atoms with E-state index in [4.69, 9.17) is 0 Å². The molecule has 1 saturated carbocycles. The zero-order chi connectivity index (χ0) is 17.2. The van der Waals surface area contributed by atoms with E-state index in [9.17, 15) is 17.6 Å². The monoisotopic (exact) mass is 342 g/mol. The van der Waals surface area contributed by atoms with Crippen LogP contribution < -0.4 is 4.31 Å². The molecule has 0 saturated heterocycles. The highest BCUT2D eigenvalue weighted by Crippen LogP contribution is 2.32. The average Bonchev–Trinajstić information content (AvgIpc) is 2.99. The second kappa shape index (κ2) is 6.86. The Labute approximate surface area is 137 Å². The summed E-state index contributed by atoms with van der Waals surface area (Å²) in [6, 6.07) is 5.33. The van der Waals surface area contributed by atoms with E-state index in [1.54, 1.807) is 6.07 Å². The van der Waals surface area contributed by atoms with Crippen molar-refractivity contribution in [1.82, 2.24) is 4.90 Å². The van der Waals surface area contributed by atoms with Gasteiger partial charge in [-0.2, -0.15) is 0 Å². The normalized spacial score (nSPS) is 17.0. The zero-order valence-electron chi connectivity index (χ0n) is 13.7. The maximum Gasteiger partial charge on any atom is 0.247 e. The first-order chi connectivity index (χ1) is 10.7. The molecule has 1 aliphatic rings. The van der Waals surface area contributed by atoms with Crippen molar-refractivity contribution in [2.75, 3.05) is 18.4 Å². The average molecular weight is 342 g/mol. The Morgan fingerprint density at radius 3 is 2.39 bits per heavy atom. The number of benzene rings is 1. The lowest BCUT2D eigenvalue weighted by Gasteiger charge is -2.33. The molecule has 1 fully saturated rings. The number of hydrogen-bond donors (Lipinski definition) is 0. The second-order valence-corrected chi connectivity index (χ2v) is 8.26. The Morgan fingerprint density at radius 1 is 1.26 bits per heavy atom. The van der Waals surface area contributed by atoms with Crippen LogP contribution in [0.5, 0.6) is 0 Å². The molecule has 1 aliphatic carbocycles. The van der Waals surface area contributed by atoms with Gasteiger partial charge >= 0.3 is 0 Å². The number of halogens is 1. The standard InChI is InChI=1S/C16H23FN2O3S/c1-12(16(20)18(2)3)23(21,22)19(14-8-4-5-9-14)15-10-6-7-13(17)11-15/h6-7,10-12,14H,4-5,8-9H2,1-3H3/t12-/m1/s1. The quantitative estimate of drug-likeness (QED) is 0.825. The van der Waals surface area contributed by atoms with Crippen LogP contribution in [0, 0.1) is 5.82 Å². The number of amides is 1. The first-order valence-corrected chi connectivity index (χ1v) is 9.25. The highest BCUT2D eigenvalue weighted by atomic mass is 32.2. The molecule has 1 aromatic carbocycles. The smallest absolute Gasteiger partial charge is 0.247 e. The van der Waals surface area contributed by atoms with Gasteiger partial charge in [-0.15, -0.1) is 0 Å². The first-order valence-electron chi connectivity index (χ1n) is 7.75. The van der Waals surface area contributed by atoms with E-state index in [0.29, 0.717) is 0 Å². The molecule has 0 bridgehead atoms. The SMILES string of the molecule is C[C@H](C(=O)N(C)C)S(=O)(=O)N(c1cccc(F)c1)C1CCCC1. The molecule has 2 rings (SSSR count). The van der Waals surface area contributed by atoms with Crippen molar-refractivity contribution in [3.05, 3.63) is 30.1 Å². The summed E-state index contributed by atoms with van der Waals surface area (Å²) in [7, 11) is -0.875. The topological polar surface area (TPSA) is 57.7 Å². The molecule has 0 aliphatic heterocycles. The molecule has 23 heavy (non-hydrogen) atoms. The Morgan fingerprint density at radius 2 is 1.87 bits per heavy atom. The third kappa shape index (κ3) is 3.65. The minimum Gasteiger partial charge on any atom is -0.348 e. The highest BCUT2D eigenvalue weighted by molar-refractivity contribution is 7.94. The van der Waals surface area contributed by atoms with Crippen molar-refractivity contribution < 1.29 is 17.6 Å². The van der Waals surface area contributed by atoms with Gasteiger partial charge in [0.25, 0.3) is 0 Å². The predicted octanol–water partition coefficient (Wildman–Crippen LogP) is 2.38. The van der Waals surface area contributed by atoms with Gasteiger partial charge in [-0.25, -0.2) is 12.8 Å². The molecular formula is C16H23FN2O3S. The largest absolute Gasteiger partial charge is 0.348 e. The van der Waals surface area contributed by atoms with Gasteiger partial charge in [-0.05, 0) is 38.0 Å². The van der Waals surface area contributed by atoms with Crippen molar-refractivity contribution in [2.45, 2.75) is 43.9 Å². The number of anilines is 1. The molecule has 128 valence electrons. The molecule has 0 heterocycles. The minimum absolute atomic E-state index is 0.223. The molecule has 7 heteroatoms. The molecule has 0 radical (unpaired) electrons. The van der Waals surface area contributed by atoms with Crippen molar-refractivity contribution in [1.29, 1.82) is 0 Å². The summed E-state index contributed by atoms with van der Waals surface area (Å²) in [5, 5.41) is -1.21. The van der Waals surface area contributed by atoms with Crippen LogP contribution in [0.25, 0.3) is 0 Å². The van der Waals surface area contributed by atoms with E-state index >= 15 is 0 Å². The van der Waals surface area contributed by atoms with Crippen molar-refractivity contribution in [2.24, 2.45) is 0 Å². The summed E-state index contributed by atoms with van der Waals surface area (Å²) in [6.45, 7) is 1.39. The number of hydrogen-bond acceptors (Lipinski definition) is 3. The van der Waals surface area contributed by atoms with Crippen LogP contribution in [-0.2, 0) is 14.8 Å². The fourth-order valence-electron chi connectivity index (χ4n) is 2.98. The maximum absolute atomic E-state index is 13.6. The lowest BCUT2D eigenvalue weighted by molar-refractivity contribution is -0.127. The summed E-state index contributed by atoms with van der Waals surface area (Å²) >= 11 is 0. The summed E-state index contributed by atoms with van der Waals surface area (Å²) in [4.78, 5) is 13.4. The van der Waals surface area contributed by atoms with E-state index in [1.807, 2.05) is 0 Å². The molecule has 5 nitrogen and oxygen atoms in total. The molecule has 1 amide bonds. The minimum atomic E-state index is -3.92. The molecule has 0 unspecified atom stereocenters. The van der Waals surface area contributed by atoms with Crippen LogP contribution in [0.3, 0.4) is 0 Å². The van der Waals surface area contributed by atoms with Gasteiger partial charge < -0.3 is 4.90 Å². The van der Waals surface area contributed by atoms with Crippen molar-refractivity contribution >= 4 is 21.6 Å². The summed E-state index contributed by atoms with van der Waals surface area (Å²) in [5.74, 6) is -0.975. The van der Waals surface area contributed by atoms with Crippen LogP contribution in [0.1, 0.15) is 32.6 Å². The Hall–Kier alpha value is -1.63. The first kappa shape index (κ1) is 17.7. The zero-order valence-corrected chi connectivity index (χ0v) is 14.5. The van der Waals surface area contributed by atoms with E-state index in [-0.39, 0.29) is 11.7 Å². The third-order valence-corrected chi connectivity index (χ3v) is 6.38. The van der Waals surface area contributed by atoms with Gasteiger partial charge in [0.2, 0.25) is 15.9 Å². The van der Waals surface area contributed by atoms with Gasteiger partial charge in [0.1, 0.15) is 5.82 Å². The number of carbonyl (C=O) groups is 1. The molecule has 0 N–H and O–H groups in total. The molecule has 0 spiro atoms. The molecule has 1 atom stereocenters. The molecule has 0 aromatic heterocycles. The lowest BCUT2D eigenvalue weighted by Crippen LogP contribution is -2.48. The summed E-state index contributed by atoms with van der Waals surface area (Å²) in [6.07, 6.45) is 3.31. The second-order valence-electron chi connectivity index (χ2n) is 6.13. The number of carbonyl (C=O) groups excluding carboxylic acids is 1. The van der Waals surface area contributed by atoms with Gasteiger partial charge in [-0.1, -0.05) is 18.9 Å².